The Hall–Kier alpha value is -1.95. The molecule has 0 unspecified atom stereocenters. The number of carbonyl (C=O) groups is 1. The van der Waals surface area contributed by atoms with Gasteiger partial charge in [0.25, 0.3) is 5.91 Å². The molecule has 0 saturated heterocycles. The van der Waals surface area contributed by atoms with Gasteiger partial charge in [-0.15, -0.1) is 0 Å². The number of rotatable bonds is 3. The van der Waals surface area contributed by atoms with E-state index in [-0.39, 0.29) is 23.0 Å². The lowest BCUT2D eigenvalue weighted by Crippen LogP contribution is -2.26. The van der Waals surface area contributed by atoms with Gasteiger partial charge in [0.1, 0.15) is 11.6 Å². The van der Waals surface area contributed by atoms with Crippen molar-refractivity contribution < 1.29 is 13.6 Å². The summed E-state index contributed by atoms with van der Waals surface area (Å²) in [7, 11) is 1.61. The van der Waals surface area contributed by atoms with Gasteiger partial charge in [-0.1, -0.05) is 12.1 Å². The fraction of sp³-hybridized carbons (Fsp3) is 0.133. The molecule has 2 N–H and O–H groups in total. The van der Waals surface area contributed by atoms with Crippen LogP contribution >= 0.6 is 15.9 Å². The van der Waals surface area contributed by atoms with E-state index in [4.69, 9.17) is 5.73 Å². The Morgan fingerprint density at radius 1 is 1.24 bits per heavy atom. The summed E-state index contributed by atoms with van der Waals surface area (Å²) >= 11 is 3.15. The number of nitrogen functional groups attached to an aromatic ring is 1. The van der Waals surface area contributed by atoms with Crippen LogP contribution < -0.4 is 5.73 Å². The molecule has 0 radical (unpaired) electrons. The SMILES string of the molecule is CN(Cc1ccc(F)cc1)C(=O)c1cc(N)c(F)cc1Br. The van der Waals surface area contributed by atoms with Gasteiger partial charge in [0.05, 0.1) is 11.3 Å². The first kappa shape index (κ1) is 15.4. The van der Waals surface area contributed by atoms with Crippen LogP contribution in [0, 0.1) is 11.6 Å². The van der Waals surface area contributed by atoms with Gasteiger partial charge in [0.2, 0.25) is 0 Å². The van der Waals surface area contributed by atoms with Gasteiger partial charge >= 0.3 is 0 Å². The molecule has 110 valence electrons. The standard InChI is InChI=1S/C15H13BrF2N2O/c1-20(8-9-2-4-10(17)5-3-9)15(21)11-6-14(19)13(18)7-12(11)16/h2-7H,8,19H2,1H3. The average Bonchev–Trinajstić information content (AvgIpc) is 2.44. The average molecular weight is 355 g/mol. The summed E-state index contributed by atoms with van der Waals surface area (Å²) in [4.78, 5) is 13.8. The molecule has 2 aromatic rings. The fourth-order valence-corrected chi connectivity index (χ4v) is 2.36. The molecule has 0 aliphatic rings. The van der Waals surface area contributed by atoms with E-state index < -0.39 is 5.82 Å². The number of anilines is 1. The zero-order chi connectivity index (χ0) is 15.6. The Morgan fingerprint density at radius 3 is 2.48 bits per heavy atom. The van der Waals surface area contributed by atoms with Crippen molar-refractivity contribution in [3.63, 3.8) is 0 Å². The molecule has 0 fully saturated rings. The molecule has 3 nitrogen and oxygen atoms in total. The highest BCUT2D eigenvalue weighted by atomic mass is 79.9. The van der Waals surface area contributed by atoms with Crippen molar-refractivity contribution in [3.8, 4) is 0 Å². The van der Waals surface area contributed by atoms with E-state index in [0.29, 0.717) is 11.0 Å². The monoisotopic (exact) mass is 354 g/mol. The first-order valence-electron chi connectivity index (χ1n) is 6.13. The van der Waals surface area contributed by atoms with Crippen molar-refractivity contribution in [2.24, 2.45) is 0 Å². The molecule has 2 aromatic carbocycles. The third-order valence-electron chi connectivity index (χ3n) is 3.00. The molecular formula is C15H13BrF2N2O. The predicted octanol–water partition coefficient (Wildman–Crippen LogP) is 3.58. The van der Waals surface area contributed by atoms with E-state index in [9.17, 15) is 13.6 Å². The number of halogens is 3. The fourth-order valence-electron chi connectivity index (χ4n) is 1.87. The van der Waals surface area contributed by atoms with Crippen molar-refractivity contribution >= 4 is 27.5 Å². The van der Waals surface area contributed by atoms with Gasteiger partial charge in [-0.05, 0) is 45.8 Å². The van der Waals surface area contributed by atoms with E-state index in [1.54, 1.807) is 19.2 Å². The molecule has 0 atom stereocenters. The lowest BCUT2D eigenvalue weighted by Gasteiger charge is -2.18. The molecule has 1 amide bonds. The molecule has 0 heterocycles. The highest BCUT2D eigenvalue weighted by molar-refractivity contribution is 9.10. The van der Waals surface area contributed by atoms with Gasteiger partial charge in [-0.3, -0.25) is 4.79 Å². The van der Waals surface area contributed by atoms with Crippen LogP contribution in [-0.4, -0.2) is 17.9 Å². The molecule has 0 aliphatic carbocycles. The Balaban J connectivity index is 2.19. The smallest absolute Gasteiger partial charge is 0.255 e. The van der Waals surface area contributed by atoms with Crippen LogP contribution in [0.1, 0.15) is 15.9 Å². The van der Waals surface area contributed by atoms with Crippen LogP contribution in [0.25, 0.3) is 0 Å². The number of carbonyl (C=O) groups excluding carboxylic acids is 1. The largest absolute Gasteiger partial charge is 0.396 e. The quantitative estimate of drug-likeness (QED) is 0.856. The van der Waals surface area contributed by atoms with Crippen LogP contribution in [0.2, 0.25) is 0 Å². The summed E-state index contributed by atoms with van der Waals surface area (Å²) in [6.07, 6.45) is 0. The Bertz CT molecular complexity index is 674. The molecule has 0 saturated carbocycles. The minimum absolute atomic E-state index is 0.0864. The van der Waals surface area contributed by atoms with E-state index in [1.807, 2.05) is 0 Å². The summed E-state index contributed by atoms with van der Waals surface area (Å²) < 4.78 is 26.5. The summed E-state index contributed by atoms with van der Waals surface area (Å²) in [6.45, 7) is 0.308. The van der Waals surface area contributed by atoms with Crippen LogP contribution in [-0.2, 0) is 6.54 Å². The first-order valence-corrected chi connectivity index (χ1v) is 6.92. The van der Waals surface area contributed by atoms with Gasteiger partial charge in [0.15, 0.2) is 0 Å². The number of nitrogens with zero attached hydrogens (tertiary/aromatic N) is 1. The molecule has 0 bridgehead atoms. The number of hydrogen-bond donors (Lipinski definition) is 1. The van der Waals surface area contributed by atoms with E-state index in [0.717, 1.165) is 11.6 Å². The summed E-state index contributed by atoms with van der Waals surface area (Å²) in [5.74, 6) is -1.22. The zero-order valence-corrected chi connectivity index (χ0v) is 12.8. The third kappa shape index (κ3) is 3.58. The molecule has 6 heteroatoms. The summed E-state index contributed by atoms with van der Waals surface area (Å²) in [5, 5.41) is 0. The van der Waals surface area contributed by atoms with Crippen molar-refractivity contribution in [1.82, 2.24) is 4.90 Å². The van der Waals surface area contributed by atoms with E-state index >= 15 is 0 Å². The minimum Gasteiger partial charge on any atom is -0.396 e. The highest BCUT2D eigenvalue weighted by Crippen LogP contribution is 2.24. The third-order valence-corrected chi connectivity index (χ3v) is 3.65. The maximum atomic E-state index is 13.3. The normalized spacial score (nSPS) is 10.5. The second-order valence-corrected chi connectivity index (χ2v) is 5.50. The topological polar surface area (TPSA) is 46.3 Å². The van der Waals surface area contributed by atoms with Crippen molar-refractivity contribution in [2.75, 3.05) is 12.8 Å². The van der Waals surface area contributed by atoms with E-state index in [2.05, 4.69) is 15.9 Å². The van der Waals surface area contributed by atoms with Crippen LogP contribution in [0.5, 0.6) is 0 Å². The van der Waals surface area contributed by atoms with Crippen molar-refractivity contribution in [3.05, 3.63) is 63.6 Å². The van der Waals surface area contributed by atoms with Crippen LogP contribution in [0.3, 0.4) is 0 Å². The second-order valence-electron chi connectivity index (χ2n) is 4.64. The van der Waals surface area contributed by atoms with Crippen molar-refractivity contribution in [1.29, 1.82) is 0 Å². The molecule has 0 aromatic heterocycles. The second kappa shape index (κ2) is 6.22. The number of benzene rings is 2. The predicted molar refractivity (Wildman–Crippen MR) is 80.7 cm³/mol. The van der Waals surface area contributed by atoms with Gasteiger partial charge in [-0.25, -0.2) is 8.78 Å². The van der Waals surface area contributed by atoms with Gasteiger partial charge in [0, 0.05) is 18.1 Å². The lowest BCUT2D eigenvalue weighted by atomic mass is 10.1. The molecule has 0 aliphatic heterocycles. The Kier molecular flexibility index (Phi) is 4.57. The highest BCUT2D eigenvalue weighted by Gasteiger charge is 2.17. The lowest BCUT2D eigenvalue weighted by molar-refractivity contribution is 0.0784. The first-order chi connectivity index (χ1) is 9.88. The summed E-state index contributed by atoms with van der Waals surface area (Å²) in [6, 6.07) is 8.33. The zero-order valence-electron chi connectivity index (χ0n) is 11.2. The maximum Gasteiger partial charge on any atom is 0.255 e. The number of nitrogens with two attached hydrogens (primary N) is 1. The molecule has 21 heavy (non-hydrogen) atoms. The Morgan fingerprint density at radius 2 is 1.86 bits per heavy atom. The molecular weight excluding hydrogens is 342 g/mol. The maximum absolute atomic E-state index is 13.3. The van der Waals surface area contributed by atoms with Crippen molar-refractivity contribution in [2.45, 2.75) is 6.54 Å². The molecule has 2 rings (SSSR count). The Labute approximate surface area is 129 Å². The van der Waals surface area contributed by atoms with Crippen LogP contribution in [0.4, 0.5) is 14.5 Å². The summed E-state index contributed by atoms with van der Waals surface area (Å²) in [5.41, 5.74) is 6.47. The molecule has 0 spiro atoms. The number of hydrogen-bond acceptors (Lipinski definition) is 2. The van der Waals surface area contributed by atoms with E-state index in [1.165, 1.54) is 23.1 Å². The van der Waals surface area contributed by atoms with Gasteiger partial charge < -0.3 is 10.6 Å². The van der Waals surface area contributed by atoms with Gasteiger partial charge in [-0.2, -0.15) is 0 Å². The van der Waals surface area contributed by atoms with Crippen LogP contribution in [0.15, 0.2) is 40.9 Å². The minimum atomic E-state index is -0.584. The number of amides is 1.